The van der Waals surface area contributed by atoms with Crippen molar-refractivity contribution in [2.45, 2.75) is 19.1 Å². The Morgan fingerprint density at radius 1 is 1.22 bits per heavy atom. The number of nitrogens with zero attached hydrogens (tertiary/aromatic N) is 1. The number of carbonyl (C=O) groups is 2. The van der Waals surface area contributed by atoms with Crippen LogP contribution in [0.1, 0.15) is 5.56 Å². The minimum absolute atomic E-state index is 0.649. The first kappa shape index (κ1) is 12.0. The van der Waals surface area contributed by atoms with E-state index in [1.54, 1.807) is 12.1 Å². The highest BCUT2D eigenvalue weighted by atomic mass is 16.3. The Morgan fingerprint density at radius 2 is 1.89 bits per heavy atom. The molecular formula is C11H12N4O3. The smallest absolute Gasteiger partial charge is 0.323 e. The summed E-state index contributed by atoms with van der Waals surface area (Å²) in [5, 5.41) is 10.0. The lowest BCUT2D eigenvalue weighted by Crippen LogP contribution is -2.63. The average molecular weight is 248 g/mol. The molecular weight excluding hydrogens is 236 g/mol. The van der Waals surface area contributed by atoms with Crippen molar-refractivity contribution >= 4 is 17.6 Å². The standard InChI is InChI=1S/C11H12N4O3/c1-6-2-4-7(5-3-6)12-9-8(15-18)10(16)14-11(17)13-9/h2-5,8-9,12H,1H3,(H2,13,14,16,17). The van der Waals surface area contributed by atoms with E-state index >= 15 is 0 Å². The summed E-state index contributed by atoms with van der Waals surface area (Å²) in [7, 11) is 0. The molecule has 1 heterocycles. The first-order valence-corrected chi connectivity index (χ1v) is 5.37. The molecule has 0 spiro atoms. The van der Waals surface area contributed by atoms with E-state index in [2.05, 4.69) is 15.8 Å². The molecule has 1 aromatic carbocycles. The molecule has 2 rings (SSSR count). The van der Waals surface area contributed by atoms with E-state index in [0.29, 0.717) is 5.69 Å². The molecule has 7 nitrogen and oxygen atoms in total. The lowest BCUT2D eigenvalue weighted by atomic mass is 10.1. The summed E-state index contributed by atoms with van der Waals surface area (Å²) in [5.41, 5.74) is 1.77. The molecule has 1 saturated heterocycles. The number of hydrogen-bond acceptors (Lipinski definition) is 5. The van der Waals surface area contributed by atoms with E-state index in [4.69, 9.17) is 0 Å². The Kier molecular flexibility index (Phi) is 3.22. The highest BCUT2D eigenvalue weighted by molar-refractivity contribution is 6.00. The fourth-order valence-corrected chi connectivity index (χ4v) is 1.65. The third kappa shape index (κ3) is 2.45. The van der Waals surface area contributed by atoms with Gasteiger partial charge in [-0.05, 0) is 19.1 Å². The van der Waals surface area contributed by atoms with E-state index in [-0.39, 0.29) is 0 Å². The molecule has 18 heavy (non-hydrogen) atoms. The van der Waals surface area contributed by atoms with E-state index < -0.39 is 24.1 Å². The van der Waals surface area contributed by atoms with Crippen molar-refractivity contribution in [3.8, 4) is 0 Å². The number of amides is 3. The SMILES string of the molecule is Cc1ccc(NC2NC(=O)NC(=O)C2N=O)cc1. The zero-order valence-corrected chi connectivity index (χ0v) is 9.64. The van der Waals surface area contributed by atoms with Crippen LogP contribution in [0.4, 0.5) is 10.5 Å². The molecule has 0 bridgehead atoms. The topological polar surface area (TPSA) is 99.7 Å². The third-order valence-corrected chi connectivity index (χ3v) is 2.59. The maximum absolute atomic E-state index is 11.4. The zero-order valence-electron chi connectivity index (χ0n) is 9.64. The first-order chi connectivity index (χ1) is 8.60. The molecule has 2 atom stereocenters. The molecule has 1 aliphatic rings. The van der Waals surface area contributed by atoms with E-state index in [9.17, 15) is 14.5 Å². The monoisotopic (exact) mass is 248 g/mol. The highest BCUT2D eigenvalue weighted by Crippen LogP contribution is 2.13. The van der Waals surface area contributed by atoms with E-state index in [1.165, 1.54) is 0 Å². The molecule has 0 aliphatic carbocycles. The Balaban J connectivity index is 2.15. The van der Waals surface area contributed by atoms with Crippen molar-refractivity contribution in [1.29, 1.82) is 0 Å². The molecule has 1 aliphatic heterocycles. The lowest BCUT2D eigenvalue weighted by Gasteiger charge is -2.28. The predicted molar refractivity (Wildman–Crippen MR) is 64.8 cm³/mol. The average Bonchev–Trinajstić information content (AvgIpc) is 2.32. The quantitative estimate of drug-likeness (QED) is 0.686. The van der Waals surface area contributed by atoms with Crippen LogP contribution >= 0.6 is 0 Å². The molecule has 0 saturated carbocycles. The van der Waals surface area contributed by atoms with Crippen LogP contribution in [0.25, 0.3) is 0 Å². The van der Waals surface area contributed by atoms with Crippen LogP contribution in [0, 0.1) is 11.8 Å². The largest absolute Gasteiger partial charge is 0.363 e. The molecule has 1 fully saturated rings. The summed E-state index contributed by atoms with van der Waals surface area (Å²) in [6.07, 6.45) is -0.841. The molecule has 0 aromatic heterocycles. The predicted octanol–water partition coefficient (Wildman–Crippen LogP) is 0.707. The van der Waals surface area contributed by atoms with Gasteiger partial charge in [-0.1, -0.05) is 22.9 Å². The van der Waals surface area contributed by atoms with Crippen molar-refractivity contribution in [2.24, 2.45) is 5.18 Å². The molecule has 2 unspecified atom stereocenters. The van der Waals surface area contributed by atoms with Gasteiger partial charge in [-0.25, -0.2) is 4.79 Å². The van der Waals surface area contributed by atoms with Crippen LogP contribution in [0.2, 0.25) is 0 Å². The van der Waals surface area contributed by atoms with Crippen molar-refractivity contribution in [1.82, 2.24) is 10.6 Å². The van der Waals surface area contributed by atoms with Crippen LogP contribution in [0.3, 0.4) is 0 Å². The number of imide groups is 1. The van der Waals surface area contributed by atoms with E-state index in [0.717, 1.165) is 5.56 Å². The van der Waals surface area contributed by atoms with Crippen LogP contribution < -0.4 is 16.0 Å². The molecule has 7 heteroatoms. The normalized spacial score (nSPS) is 22.9. The molecule has 1 aromatic rings. The van der Waals surface area contributed by atoms with Gasteiger partial charge in [0.25, 0.3) is 5.91 Å². The number of rotatable bonds is 3. The number of nitroso groups, excluding NO2 is 1. The molecule has 3 amide bonds. The molecule has 0 radical (unpaired) electrons. The van der Waals surface area contributed by atoms with Gasteiger partial charge in [-0.3, -0.25) is 10.1 Å². The van der Waals surface area contributed by atoms with Gasteiger partial charge in [0, 0.05) is 5.69 Å². The number of hydrogen-bond donors (Lipinski definition) is 3. The number of anilines is 1. The van der Waals surface area contributed by atoms with Crippen molar-refractivity contribution in [3.05, 3.63) is 34.7 Å². The second-order valence-corrected chi connectivity index (χ2v) is 4.00. The van der Waals surface area contributed by atoms with Gasteiger partial charge in [0.05, 0.1) is 0 Å². The highest BCUT2D eigenvalue weighted by Gasteiger charge is 2.36. The van der Waals surface area contributed by atoms with Gasteiger partial charge in [-0.2, -0.15) is 0 Å². The Morgan fingerprint density at radius 3 is 2.50 bits per heavy atom. The van der Waals surface area contributed by atoms with Crippen LogP contribution in [0.15, 0.2) is 29.4 Å². The summed E-state index contributed by atoms with van der Waals surface area (Å²) in [6, 6.07) is 5.48. The van der Waals surface area contributed by atoms with Crippen molar-refractivity contribution in [2.75, 3.05) is 5.32 Å². The van der Waals surface area contributed by atoms with Crippen LogP contribution in [0.5, 0.6) is 0 Å². The first-order valence-electron chi connectivity index (χ1n) is 5.37. The third-order valence-electron chi connectivity index (χ3n) is 2.59. The van der Waals surface area contributed by atoms with E-state index in [1.807, 2.05) is 24.4 Å². The van der Waals surface area contributed by atoms with Gasteiger partial charge >= 0.3 is 6.03 Å². The second-order valence-electron chi connectivity index (χ2n) is 4.00. The molecule has 3 N–H and O–H groups in total. The number of urea groups is 1. The van der Waals surface area contributed by atoms with Gasteiger partial charge in [0.15, 0.2) is 0 Å². The molecule has 94 valence electrons. The lowest BCUT2D eigenvalue weighted by molar-refractivity contribution is -0.122. The summed E-state index contributed by atoms with van der Waals surface area (Å²) >= 11 is 0. The van der Waals surface area contributed by atoms with Crippen molar-refractivity contribution < 1.29 is 9.59 Å². The summed E-state index contributed by atoms with van der Waals surface area (Å²) in [4.78, 5) is 33.2. The summed E-state index contributed by atoms with van der Waals surface area (Å²) in [6.45, 7) is 1.94. The van der Waals surface area contributed by atoms with Gasteiger partial charge in [0.1, 0.15) is 6.17 Å². The minimum Gasteiger partial charge on any atom is -0.363 e. The Hall–Kier alpha value is -2.44. The van der Waals surface area contributed by atoms with Gasteiger partial charge < -0.3 is 10.6 Å². The van der Waals surface area contributed by atoms with Gasteiger partial charge in [-0.15, -0.1) is 4.91 Å². The fraction of sp³-hybridized carbons (Fsp3) is 0.273. The Bertz CT molecular complexity index is 486. The minimum atomic E-state index is -1.19. The number of carbonyl (C=O) groups excluding carboxylic acids is 2. The van der Waals surface area contributed by atoms with Crippen molar-refractivity contribution in [3.63, 3.8) is 0 Å². The van der Waals surface area contributed by atoms with Crippen LogP contribution in [-0.2, 0) is 4.79 Å². The van der Waals surface area contributed by atoms with Gasteiger partial charge in [0.2, 0.25) is 6.04 Å². The maximum atomic E-state index is 11.4. The Labute approximate surface area is 103 Å². The second kappa shape index (κ2) is 4.82. The number of aryl methyl sites for hydroxylation is 1. The zero-order chi connectivity index (χ0) is 13.1. The fourth-order valence-electron chi connectivity index (χ4n) is 1.65. The number of benzene rings is 1. The summed E-state index contributed by atoms with van der Waals surface area (Å²) < 4.78 is 0. The van der Waals surface area contributed by atoms with Crippen LogP contribution in [-0.4, -0.2) is 24.1 Å². The summed E-state index contributed by atoms with van der Waals surface area (Å²) in [5.74, 6) is -0.710. The number of nitrogens with one attached hydrogen (secondary N) is 3. The maximum Gasteiger partial charge on any atom is 0.323 e.